The summed E-state index contributed by atoms with van der Waals surface area (Å²) in [7, 11) is 0. The number of carboxylic acid groups (broad SMARTS) is 1. The molecule has 4 N–H and O–H groups in total. The summed E-state index contributed by atoms with van der Waals surface area (Å²) in [4.78, 5) is 10.1. The highest BCUT2D eigenvalue weighted by molar-refractivity contribution is 5.85. The minimum atomic E-state index is -0.922. The maximum absolute atomic E-state index is 10.1. The largest absolute Gasteiger partial charge is 0.478 e. The fourth-order valence-electron chi connectivity index (χ4n) is 0.732. The van der Waals surface area contributed by atoms with Crippen molar-refractivity contribution in [2.45, 2.75) is 19.6 Å². The molecule has 88 valence electrons. The molecule has 0 aliphatic rings. The molecule has 1 aromatic rings. The van der Waals surface area contributed by atoms with Crippen molar-refractivity contribution in [1.29, 1.82) is 0 Å². The number of carboxylic acids is 1. The van der Waals surface area contributed by atoms with Gasteiger partial charge in [-0.3, -0.25) is 0 Å². The monoisotopic (exact) mass is 223 g/mol. The first-order valence-electron chi connectivity index (χ1n) is 4.96. The average molecular weight is 223 g/mol. The Morgan fingerprint density at radius 1 is 1.44 bits per heavy atom. The SMILES string of the molecule is CCC(N)O.O=C(O)C=Cc1ccccc1. The van der Waals surface area contributed by atoms with Crippen molar-refractivity contribution in [2.24, 2.45) is 5.73 Å². The number of carbonyl (C=O) groups is 1. The lowest BCUT2D eigenvalue weighted by Crippen LogP contribution is -2.16. The molecule has 1 atom stereocenters. The molecule has 0 amide bonds. The van der Waals surface area contributed by atoms with E-state index in [0.29, 0.717) is 6.42 Å². The highest BCUT2D eigenvalue weighted by Gasteiger charge is 1.86. The number of aliphatic hydroxyl groups is 1. The number of benzene rings is 1. The molecule has 1 unspecified atom stereocenters. The molecule has 1 aromatic carbocycles. The van der Waals surface area contributed by atoms with Gasteiger partial charge in [0.25, 0.3) is 0 Å². The third-order valence-corrected chi connectivity index (χ3v) is 1.64. The van der Waals surface area contributed by atoms with E-state index in [9.17, 15) is 4.79 Å². The average Bonchev–Trinajstić information content (AvgIpc) is 2.28. The van der Waals surface area contributed by atoms with E-state index in [1.165, 1.54) is 0 Å². The first kappa shape index (κ1) is 14.4. The standard InChI is InChI=1S/C9H8O2.C3H9NO/c10-9(11)7-6-8-4-2-1-3-5-8;1-2-3(4)5/h1-7H,(H,10,11);3,5H,2,4H2,1H3. The van der Waals surface area contributed by atoms with Crippen LogP contribution in [0.2, 0.25) is 0 Å². The summed E-state index contributed by atoms with van der Waals surface area (Å²) in [6, 6.07) is 9.31. The Hall–Kier alpha value is -1.65. The summed E-state index contributed by atoms with van der Waals surface area (Å²) in [5.41, 5.74) is 5.75. The molecular weight excluding hydrogens is 206 g/mol. The molecule has 1 rings (SSSR count). The van der Waals surface area contributed by atoms with E-state index < -0.39 is 12.2 Å². The summed E-state index contributed by atoms with van der Waals surface area (Å²) in [6.45, 7) is 1.82. The van der Waals surface area contributed by atoms with Gasteiger partial charge in [0.05, 0.1) is 0 Å². The molecule has 0 aromatic heterocycles. The first-order chi connectivity index (χ1) is 7.56. The predicted molar refractivity (Wildman–Crippen MR) is 63.6 cm³/mol. The van der Waals surface area contributed by atoms with Crippen LogP contribution in [0.4, 0.5) is 0 Å². The fraction of sp³-hybridized carbons (Fsp3) is 0.250. The molecular formula is C12H17NO3. The van der Waals surface area contributed by atoms with Gasteiger partial charge < -0.3 is 15.9 Å². The minimum Gasteiger partial charge on any atom is -0.478 e. The Morgan fingerprint density at radius 3 is 2.31 bits per heavy atom. The van der Waals surface area contributed by atoms with E-state index in [1.807, 2.05) is 37.3 Å². The summed E-state index contributed by atoms with van der Waals surface area (Å²) in [6.07, 6.45) is 2.70. The zero-order valence-corrected chi connectivity index (χ0v) is 9.21. The van der Waals surface area contributed by atoms with Crippen LogP contribution in [0.25, 0.3) is 6.08 Å². The van der Waals surface area contributed by atoms with Gasteiger partial charge >= 0.3 is 5.97 Å². The molecule has 0 aliphatic carbocycles. The predicted octanol–water partition coefficient (Wildman–Crippen LogP) is 1.46. The van der Waals surface area contributed by atoms with Gasteiger partial charge in [-0.1, -0.05) is 37.3 Å². The van der Waals surface area contributed by atoms with E-state index >= 15 is 0 Å². The van der Waals surface area contributed by atoms with Gasteiger partial charge in [0.15, 0.2) is 0 Å². The van der Waals surface area contributed by atoms with Gasteiger partial charge in [-0.15, -0.1) is 0 Å². The number of rotatable bonds is 3. The van der Waals surface area contributed by atoms with Gasteiger partial charge in [-0.25, -0.2) is 4.79 Å². The van der Waals surface area contributed by atoms with Crippen LogP contribution >= 0.6 is 0 Å². The van der Waals surface area contributed by atoms with Gasteiger partial charge in [0.1, 0.15) is 6.23 Å². The Balaban J connectivity index is 0.000000385. The summed E-state index contributed by atoms with van der Waals surface area (Å²) >= 11 is 0. The van der Waals surface area contributed by atoms with E-state index in [4.69, 9.17) is 15.9 Å². The lowest BCUT2D eigenvalue weighted by molar-refractivity contribution is -0.131. The summed E-state index contributed by atoms with van der Waals surface area (Å²) < 4.78 is 0. The van der Waals surface area contributed by atoms with Crippen molar-refractivity contribution < 1.29 is 15.0 Å². The maximum atomic E-state index is 10.1. The van der Waals surface area contributed by atoms with Crippen LogP contribution in [0.3, 0.4) is 0 Å². The number of aliphatic carboxylic acids is 1. The third-order valence-electron chi connectivity index (χ3n) is 1.64. The van der Waals surface area contributed by atoms with Crippen molar-refractivity contribution in [1.82, 2.24) is 0 Å². The quantitative estimate of drug-likeness (QED) is 0.535. The van der Waals surface area contributed by atoms with Gasteiger partial charge in [0, 0.05) is 6.08 Å². The van der Waals surface area contributed by atoms with Crippen molar-refractivity contribution in [2.75, 3.05) is 0 Å². The molecule has 16 heavy (non-hydrogen) atoms. The number of aliphatic hydroxyl groups excluding tert-OH is 1. The Bertz CT molecular complexity index is 320. The molecule has 0 heterocycles. The normalized spacial score (nSPS) is 11.7. The van der Waals surface area contributed by atoms with Crippen molar-refractivity contribution in [3.05, 3.63) is 42.0 Å². The highest BCUT2D eigenvalue weighted by Crippen LogP contribution is 1.99. The number of hydrogen-bond donors (Lipinski definition) is 3. The van der Waals surface area contributed by atoms with Gasteiger partial charge in [-0.2, -0.15) is 0 Å². The molecule has 0 saturated heterocycles. The molecule has 0 spiro atoms. The zero-order chi connectivity index (χ0) is 12.4. The number of nitrogens with two attached hydrogens (primary N) is 1. The van der Waals surface area contributed by atoms with E-state index in [1.54, 1.807) is 6.08 Å². The third kappa shape index (κ3) is 8.93. The molecule has 4 nitrogen and oxygen atoms in total. The molecule has 4 heteroatoms. The van der Waals surface area contributed by atoms with Crippen molar-refractivity contribution in [3.8, 4) is 0 Å². The summed E-state index contributed by atoms with van der Waals surface area (Å²) in [5, 5.41) is 16.4. The second-order valence-electron chi connectivity index (χ2n) is 3.06. The van der Waals surface area contributed by atoms with E-state index in [-0.39, 0.29) is 0 Å². The van der Waals surface area contributed by atoms with Crippen molar-refractivity contribution in [3.63, 3.8) is 0 Å². The molecule has 0 fully saturated rings. The topological polar surface area (TPSA) is 83.5 Å². The second kappa shape index (κ2) is 8.64. The Morgan fingerprint density at radius 2 is 1.94 bits per heavy atom. The van der Waals surface area contributed by atoms with Crippen LogP contribution in [-0.4, -0.2) is 22.4 Å². The molecule has 0 radical (unpaired) electrons. The van der Waals surface area contributed by atoms with Gasteiger partial charge in [-0.05, 0) is 18.1 Å². The minimum absolute atomic E-state index is 0.616. The molecule has 0 bridgehead atoms. The lowest BCUT2D eigenvalue weighted by atomic mass is 10.2. The van der Waals surface area contributed by atoms with Gasteiger partial charge in [0.2, 0.25) is 0 Å². The Labute approximate surface area is 95.0 Å². The second-order valence-corrected chi connectivity index (χ2v) is 3.06. The Kier molecular flexibility index (Phi) is 7.75. The van der Waals surface area contributed by atoms with Crippen LogP contribution in [0.1, 0.15) is 18.9 Å². The molecule has 0 aliphatic heterocycles. The van der Waals surface area contributed by atoms with Crippen LogP contribution < -0.4 is 5.73 Å². The van der Waals surface area contributed by atoms with Crippen LogP contribution in [-0.2, 0) is 4.79 Å². The smallest absolute Gasteiger partial charge is 0.328 e. The molecule has 0 saturated carbocycles. The maximum Gasteiger partial charge on any atom is 0.328 e. The van der Waals surface area contributed by atoms with Crippen molar-refractivity contribution >= 4 is 12.0 Å². The van der Waals surface area contributed by atoms with E-state index in [2.05, 4.69) is 0 Å². The highest BCUT2D eigenvalue weighted by atomic mass is 16.4. The van der Waals surface area contributed by atoms with Crippen LogP contribution in [0.5, 0.6) is 0 Å². The first-order valence-corrected chi connectivity index (χ1v) is 4.96. The van der Waals surface area contributed by atoms with Crippen LogP contribution in [0, 0.1) is 0 Å². The fourth-order valence-corrected chi connectivity index (χ4v) is 0.732. The summed E-state index contributed by atoms with van der Waals surface area (Å²) in [5.74, 6) is -0.922. The number of hydrogen-bond acceptors (Lipinski definition) is 3. The van der Waals surface area contributed by atoms with E-state index in [0.717, 1.165) is 11.6 Å². The lowest BCUT2D eigenvalue weighted by Gasteiger charge is -1.91. The zero-order valence-electron chi connectivity index (χ0n) is 9.21. The van der Waals surface area contributed by atoms with Crippen LogP contribution in [0.15, 0.2) is 36.4 Å².